The molecule has 1 amide bonds. The summed E-state index contributed by atoms with van der Waals surface area (Å²) in [6.45, 7) is 1.85. The molecule has 2 saturated carbocycles. The summed E-state index contributed by atoms with van der Waals surface area (Å²) in [5.41, 5.74) is 7.51. The Morgan fingerprint density at radius 1 is 1.12 bits per heavy atom. The van der Waals surface area contributed by atoms with E-state index in [2.05, 4.69) is 10.2 Å². The molecule has 0 radical (unpaired) electrons. The topological polar surface area (TPSA) is 58.4 Å². The van der Waals surface area contributed by atoms with Gasteiger partial charge in [0.25, 0.3) is 0 Å². The van der Waals surface area contributed by atoms with Crippen molar-refractivity contribution >= 4 is 17.3 Å². The minimum absolute atomic E-state index is 0.0330. The summed E-state index contributed by atoms with van der Waals surface area (Å²) < 4.78 is 14.5. The Morgan fingerprint density at radius 2 is 1.80 bits per heavy atom. The van der Waals surface area contributed by atoms with Gasteiger partial charge in [0.2, 0.25) is 5.91 Å². The number of halogens is 1. The van der Waals surface area contributed by atoms with Gasteiger partial charge in [-0.1, -0.05) is 12.5 Å². The predicted molar refractivity (Wildman–Crippen MR) is 98.0 cm³/mol. The molecule has 1 saturated heterocycles. The molecule has 2 unspecified atom stereocenters. The lowest BCUT2D eigenvalue weighted by Gasteiger charge is -2.43. The van der Waals surface area contributed by atoms with Crippen LogP contribution in [0, 0.1) is 23.6 Å². The van der Waals surface area contributed by atoms with E-state index in [0.717, 1.165) is 57.3 Å². The van der Waals surface area contributed by atoms with Gasteiger partial charge in [-0.2, -0.15) is 0 Å². The van der Waals surface area contributed by atoms with Gasteiger partial charge >= 0.3 is 0 Å². The molecule has 3 aliphatic rings. The van der Waals surface area contributed by atoms with E-state index in [1.54, 1.807) is 6.07 Å². The smallest absolute Gasteiger partial charge is 0.227 e. The van der Waals surface area contributed by atoms with Crippen molar-refractivity contribution in [3.05, 3.63) is 24.0 Å². The van der Waals surface area contributed by atoms with Crippen molar-refractivity contribution in [1.82, 2.24) is 0 Å². The molecule has 3 fully saturated rings. The molecule has 3 N–H and O–H groups in total. The van der Waals surface area contributed by atoms with Crippen LogP contribution in [-0.4, -0.2) is 25.0 Å². The van der Waals surface area contributed by atoms with E-state index in [9.17, 15) is 9.18 Å². The summed E-state index contributed by atoms with van der Waals surface area (Å²) in [4.78, 5) is 15.1. The van der Waals surface area contributed by atoms with E-state index >= 15 is 0 Å². The number of anilines is 2. The number of amides is 1. The predicted octanol–water partition coefficient (Wildman–Crippen LogP) is 3.52. The van der Waals surface area contributed by atoms with Crippen molar-refractivity contribution in [2.75, 3.05) is 23.3 Å². The van der Waals surface area contributed by atoms with Gasteiger partial charge in [-0.25, -0.2) is 4.39 Å². The van der Waals surface area contributed by atoms with Crippen LogP contribution in [0.3, 0.4) is 0 Å². The zero-order chi connectivity index (χ0) is 17.4. The molecule has 136 valence electrons. The molecule has 2 aliphatic carbocycles. The Kier molecular flexibility index (Phi) is 4.67. The van der Waals surface area contributed by atoms with Crippen LogP contribution in [0.1, 0.15) is 44.9 Å². The fraction of sp³-hybridized carbons (Fsp3) is 0.650. The van der Waals surface area contributed by atoms with E-state index in [1.807, 2.05) is 6.07 Å². The van der Waals surface area contributed by atoms with Crippen molar-refractivity contribution < 1.29 is 9.18 Å². The second-order valence-electron chi connectivity index (χ2n) is 8.01. The van der Waals surface area contributed by atoms with Gasteiger partial charge in [0.05, 0.1) is 5.69 Å². The zero-order valence-electron chi connectivity index (χ0n) is 14.7. The lowest BCUT2D eigenvalue weighted by Crippen LogP contribution is -2.48. The fourth-order valence-electron chi connectivity index (χ4n) is 5.09. The zero-order valence-corrected chi connectivity index (χ0v) is 14.7. The second-order valence-corrected chi connectivity index (χ2v) is 8.01. The second kappa shape index (κ2) is 6.94. The highest BCUT2D eigenvalue weighted by atomic mass is 19.1. The lowest BCUT2D eigenvalue weighted by atomic mass is 9.65. The third kappa shape index (κ3) is 3.26. The highest BCUT2D eigenvalue weighted by Crippen LogP contribution is 2.42. The van der Waals surface area contributed by atoms with Gasteiger partial charge in [-0.3, -0.25) is 4.79 Å². The molecule has 5 heteroatoms. The maximum absolute atomic E-state index is 14.5. The Labute approximate surface area is 148 Å². The van der Waals surface area contributed by atoms with E-state index in [-0.39, 0.29) is 23.7 Å². The number of nitrogens with one attached hydrogen (secondary N) is 1. The molecule has 0 aromatic heterocycles. The number of para-hydroxylation sites is 1. The van der Waals surface area contributed by atoms with Gasteiger partial charge in [0.15, 0.2) is 0 Å². The molecule has 4 nitrogen and oxygen atoms in total. The van der Waals surface area contributed by atoms with Crippen LogP contribution >= 0.6 is 0 Å². The number of nitrogens with zero attached hydrogens (tertiary/aromatic N) is 1. The Bertz CT molecular complexity index is 630. The van der Waals surface area contributed by atoms with Crippen molar-refractivity contribution in [1.29, 1.82) is 0 Å². The van der Waals surface area contributed by atoms with Crippen molar-refractivity contribution in [3.8, 4) is 0 Å². The van der Waals surface area contributed by atoms with Crippen molar-refractivity contribution in [2.24, 2.45) is 23.5 Å². The number of benzene rings is 1. The Hall–Kier alpha value is -1.62. The number of fused-ring (bicyclic) bond motifs is 2. The maximum atomic E-state index is 14.5. The minimum atomic E-state index is -0.342. The molecule has 4 rings (SSSR count). The summed E-state index contributed by atoms with van der Waals surface area (Å²) in [6.07, 6.45) is 7.40. The van der Waals surface area contributed by atoms with Crippen LogP contribution < -0.4 is 16.0 Å². The van der Waals surface area contributed by atoms with E-state index in [1.165, 1.54) is 12.5 Å². The first-order chi connectivity index (χ1) is 12.1. The Morgan fingerprint density at radius 3 is 2.48 bits per heavy atom. The van der Waals surface area contributed by atoms with E-state index in [0.29, 0.717) is 17.5 Å². The molecule has 1 heterocycles. The molecular weight excluding hydrogens is 317 g/mol. The standard InChI is InChI=1S/C20H28FN3O/c21-16-7-4-8-17(24-9-1-2-10-24)19(16)23-20(25)15-11-13-5-3-6-14(12-15)18(13)22/h4,7-8,13-15,18H,1-3,5-6,9-12,22H2,(H,23,25). The lowest BCUT2D eigenvalue weighted by molar-refractivity contribution is -0.122. The van der Waals surface area contributed by atoms with Crippen molar-refractivity contribution in [2.45, 2.75) is 51.0 Å². The average Bonchev–Trinajstić information content (AvgIpc) is 3.10. The minimum Gasteiger partial charge on any atom is -0.370 e. The summed E-state index contributed by atoms with van der Waals surface area (Å²) >= 11 is 0. The number of carbonyl (C=O) groups excluding carboxylic acids is 1. The first-order valence-corrected chi connectivity index (χ1v) is 9.73. The summed E-state index contributed by atoms with van der Waals surface area (Å²) in [5, 5.41) is 2.93. The van der Waals surface area contributed by atoms with Crippen LogP contribution in [-0.2, 0) is 4.79 Å². The molecule has 2 bridgehead atoms. The van der Waals surface area contributed by atoms with E-state index < -0.39 is 0 Å². The molecule has 1 aromatic carbocycles. The molecule has 1 aliphatic heterocycles. The number of hydrogen-bond acceptors (Lipinski definition) is 3. The van der Waals surface area contributed by atoms with Crippen LogP contribution in [0.2, 0.25) is 0 Å². The molecule has 1 aromatic rings. The van der Waals surface area contributed by atoms with Crippen molar-refractivity contribution in [3.63, 3.8) is 0 Å². The molecular formula is C20H28FN3O. The summed E-state index contributed by atoms with van der Waals surface area (Å²) in [6, 6.07) is 5.31. The molecule has 0 spiro atoms. The highest BCUT2D eigenvalue weighted by Gasteiger charge is 2.40. The first-order valence-electron chi connectivity index (χ1n) is 9.73. The Balaban J connectivity index is 1.51. The van der Waals surface area contributed by atoms with Crippen LogP contribution in [0.5, 0.6) is 0 Å². The number of nitrogens with two attached hydrogens (primary N) is 1. The normalized spacial score (nSPS) is 31.8. The molecule has 2 atom stereocenters. The largest absolute Gasteiger partial charge is 0.370 e. The number of hydrogen-bond donors (Lipinski definition) is 2. The van der Waals surface area contributed by atoms with Crippen LogP contribution in [0.15, 0.2) is 18.2 Å². The summed E-state index contributed by atoms with van der Waals surface area (Å²) in [5.74, 6) is 0.477. The summed E-state index contributed by atoms with van der Waals surface area (Å²) in [7, 11) is 0. The monoisotopic (exact) mass is 345 g/mol. The quantitative estimate of drug-likeness (QED) is 0.881. The number of carbonyl (C=O) groups is 1. The average molecular weight is 345 g/mol. The third-order valence-corrected chi connectivity index (χ3v) is 6.47. The van der Waals surface area contributed by atoms with Gasteiger partial charge in [0.1, 0.15) is 11.5 Å². The van der Waals surface area contributed by atoms with E-state index in [4.69, 9.17) is 5.73 Å². The van der Waals surface area contributed by atoms with Crippen LogP contribution in [0.25, 0.3) is 0 Å². The molecule has 25 heavy (non-hydrogen) atoms. The number of rotatable bonds is 3. The van der Waals surface area contributed by atoms with Gasteiger partial charge in [0, 0.05) is 25.0 Å². The fourth-order valence-corrected chi connectivity index (χ4v) is 5.09. The van der Waals surface area contributed by atoms with Gasteiger partial charge < -0.3 is 16.0 Å². The maximum Gasteiger partial charge on any atom is 0.227 e. The third-order valence-electron chi connectivity index (χ3n) is 6.47. The van der Waals surface area contributed by atoms with Crippen LogP contribution in [0.4, 0.5) is 15.8 Å². The highest BCUT2D eigenvalue weighted by molar-refractivity contribution is 5.96. The van der Waals surface area contributed by atoms with Gasteiger partial charge in [-0.15, -0.1) is 0 Å². The first kappa shape index (κ1) is 16.8. The van der Waals surface area contributed by atoms with Gasteiger partial charge in [-0.05, 0) is 62.5 Å². The SMILES string of the molecule is NC1C2CCCC1CC(C(=O)Nc1c(F)cccc1N1CCCC1)C2.